The van der Waals surface area contributed by atoms with E-state index in [4.69, 9.17) is 23.2 Å². The van der Waals surface area contributed by atoms with E-state index in [0.29, 0.717) is 5.56 Å². The van der Waals surface area contributed by atoms with Gasteiger partial charge in [-0.2, -0.15) is 5.10 Å². The van der Waals surface area contributed by atoms with Crippen molar-refractivity contribution in [1.82, 2.24) is 14.8 Å². The molecule has 0 amide bonds. The summed E-state index contributed by atoms with van der Waals surface area (Å²) in [6.07, 6.45) is 0. The summed E-state index contributed by atoms with van der Waals surface area (Å²) < 4.78 is 15.4. The topological polar surface area (TPSA) is 73.8 Å². The minimum atomic E-state index is -0.586. The summed E-state index contributed by atoms with van der Waals surface area (Å²) in [5.74, 6) is -0.235. The molecule has 24 heavy (non-hydrogen) atoms. The van der Waals surface area contributed by atoms with Crippen LogP contribution in [0.25, 0.3) is 22.8 Å². The zero-order chi connectivity index (χ0) is 17.4. The van der Waals surface area contributed by atoms with Gasteiger partial charge in [-0.1, -0.05) is 35.3 Å². The van der Waals surface area contributed by atoms with Gasteiger partial charge in [0.05, 0.1) is 15.5 Å². The van der Waals surface area contributed by atoms with Crippen LogP contribution in [-0.4, -0.2) is 19.7 Å². The van der Waals surface area contributed by atoms with Crippen LogP contribution in [0, 0.1) is 15.9 Å². The van der Waals surface area contributed by atoms with E-state index in [-0.39, 0.29) is 32.9 Å². The maximum Gasteiger partial charge on any atom is 0.288 e. The Balaban J connectivity index is 2.18. The standard InChI is InChI=1S/C15H9Cl2FN4O2/c1-21-15(8-4-2-7-11(13(8)17)22(23)24)19-14(20-21)12-9(16)5-3-6-10(12)18/h2-7H,1H3. The van der Waals surface area contributed by atoms with E-state index in [0.717, 1.165) is 0 Å². The second kappa shape index (κ2) is 6.18. The maximum atomic E-state index is 14.0. The third kappa shape index (κ3) is 2.72. The Morgan fingerprint density at radius 3 is 2.58 bits per heavy atom. The second-order valence-corrected chi connectivity index (χ2v) is 5.66. The second-order valence-electron chi connectivity index (χ2n) is 4.88. The van der Waals surface area contributed by atoms with Gasteiger partial charge in [0.2, 0.25) is 0 Å². The average Bonchev–Trinajstić information content (AvgIpc) is 2.88. The number of hydrogen-bond donors (Lipinski definition) is 0. The van der Waals surface area contributed by atoms with E-state index >= 15 is 0 Å². The number of benzene rings is 2. The first-order valence-corrected chi connectivity index (χ1v) is 7.44. The first kappa shape index (κ1) is 16.4. The van der Waals surface area contributed by atoms with Gasteiger partial charge in [0.15, 0.2) is 11.6 Å². The van der Waals surface area contributed by atoms with Crippen molar-refractivity contribution in [3.8, 4) is 22.8 Å². The maximum absolute atomic E-state index is 14.0. The minimum Gasteiger partial charge on any atom is -0.258 e. The third-order valence-corrected chi connectivity index (χ3v) is 4.08. The molecule has 0 spiro atoms. The molecule has 0 saturated carbocycles. The Hall–Kier alpha value is -2.51. The zero-order valence-electron chi connectivity index (χ0n) is 12.2. The molecule has 6 nitrogen and oxygen atoms in total. The normalized spacial score (nSPS) is 10.8. The quantitative estimate of drug-likeness (QED) is 0.505. The van der Waals surface area contributed by atoms with E-state index in [1.54, 1.807) is 13.1 Å². The molecule has 0 bridgehead atoms. The SMILES string of the molecule is Cn1nc(-c2c(F)cccc2Cl)nc1-c1cccc([N+](=O)[O-])c1Cl. The summed E-state index contributed by atoms with van der Waals surface area (Å²) in [4.78, 5) is 14.7. The van der Waals surface area contributed by atoms with Crippen molar-refractivity contribution in [2.45, 2.75) is 0 Å². The summed E-state index contributed by atoms with van der Waals surface area (Å²) in [6, 6.07) is 8.60. The average molecular weight is 367 g/mol. The summed E-state index contributed by atoms with van der Waals surface area (Å²) in [5.41, 5.74) is 0.129. The lowest BCUT2D eigenvalue weighted by molar-refractivity contribution is -0.384. The Kier molecular flexibility index (Phi) is 4.21. The van der Waals surface area contributed by atoms with Crippen LogP contribution in [0.1, 0.15) is 0 Å². The highest BCUT2D eigenvalue weighted by Crippen LogP contribution is 2.35. The molecule has 0 radical (unpaired) electrons. The van der Waals surface area contributed by atoms with Gasteiger partial charge < -0.3 is 0 Å². The largest absolute Gasteiger partial charge is 0.288 e. The fraction of sp³-hybridized carbons (Fsp3) is 0.0667. The van der Waals surface area contributed by atoms with Crippen LogP contribution in [0.4, 0.5) is 10.1 Å². The molecule has 0 saturated heterocycles. The first-order valence-electron chi connectivity index (χ1n) is 6.69. The van der Waals surface area contributed by atoms with E-state index in [9.17, 15) is 14.5 Å². The highest BCUT2D eigenvalue weighted by atomic mass is 35.5. The summed E-state index contributed by atoms with van der Waals surface area (Å²) in [7, 11) is 1.58. The molecule has 1 heterocycles. The summed E-state index contributed by atoms with van der Waals surface area (Å²) in [5, 5.41) is 15.3. The van der Waals surface area contributed by atoms with Crippen molar-refractivity contribution in [3.63, 3.8) is 0 Å². The number of aromatic nitrogens is 3. The predicted molar refractivity (Wildman–Crippen MR) is 88.5 cm³/mol. The number of halogens is 3. The number of nitro benzene ring substituents is 1. The molecule has 3 aromatic rings. The van der Waals surface area contributed by atoms with Gasteiger partial charge in [0.1, 0.15) is 10.8 Å². The van der Waals surface area contributed by atoms with Gasteiger partial charge in [-0.3, -0.25) is 10.1 Å². The molecule has 0 fully saturated rings. The molecule has 0 aliphatic rings. The van der Waals surface area contributed by atoms with Crippen molar-refractivity contribution in [1.29, 1.82) is 0 Å². The highest BCUT2D eigenvalue weighted by molar-refractivity contribution is 6.35. The van der Waals surface area contributed by atoms with Crippen LogP contribution in [0.3, 0.4) is 0 Å². The van der Waals surface area contributed by atoms with Crippen molar-refractivity contribution in [2.75, 3.05) is 0 Å². The molecule has 0 aliphatic heterocycles. The van der Waals surface area contributed by atoms with Crippen molar-refractivity contribution >= 4 is 28.9 Å². The Labute approximate surface area is 145 Å². The van der Waals surface area contributed by atoms with Crippen molar-refractivity contribution in [2.24, 2.45) is 7.05 Å². The molecule has 0 aliphatic carbocycles. The molecule has 9 heteroatoms. The summed E-state index contributed by atoms with van der Waals surface area (Å²) in [6.45, 7) is 0. The monoisotopic (exact) mass is 366 g/mol. The lowest BCUT2D eigenvalue weighted by Gasteiger charge is -2.03. The van der Waals surface area contributed by atoms with Crippen LogP contribution < -0.4 is 0 Å². The Morgan fingerprint density at radius 2 is 1.92 bits per heavy atom. The van der Waals surface area contributed by atoms with Crippen LogP contribution in [-0.2, 0) is 7.05 Å². The van der Waals surface area contributed by atoms with Gasteiger partial charge in [-0.05, 0) is 18.2 Å². The molecule has 0 N–H and O–H groups in total. The number of nitro groups is 1. The number of aryl methyl sites for hydroxylation is 1. The van der Waals surface area contributed by atoms with Crippen LogP contribution >= 0.6 is 23.2 Å². The molecule has 0 unspecified atom stereocenters. The zero-order valence-corrected chi connectivity index (χ0v) is 13.7. The molecule has 122 valence electrons. The number of rotatable bonds is 3. The fourth-order valence-corrected chi connectivity index (χ4v) is 2.80. The van der Waals surface area contributed by atoms with Gasteiger partial charge in [-0.15, -0.1) is 0 Å². The molecule has 1 aromatic heterocycles. The molecule has 3 rings (SSSR count). The van der Waals surface area contributed by atoms with Crippen LogP contribution in [0.5, 0.6) is 0 Å². The number of nitrogens with zero attached hydrogens (tertiary/aromatic N) is 4. The smallest absolute Gasteiger partial charge is 0.258 e. The predicted octanol–water partition coefficient (Wildman–Crippen LogP) is 4.50. The minimum absolute atomic E-state index is 0.0579. The highest BCUT2D eigenvalue weighted by Gasteiger charge is 2.22. The van der Waals surface area contributed by atoms with Crippen molar-refractivity contribution in [3.05, 3.63) is 62.4 Å². The number of hydrogen-bond acceptors (Lipinski definition) is 4. The Morgan fingerprint density at radius 1 is 1.21 bits per heavy atom. The van der Waals surface area contributed by atoms with Gasteiger partial charge >= 0.3 is 0 Å². The molecular weight excluding hydrogens is 358 g/mol. The van der Waals surface area contributed by atoms with E-state index < -0.39 is 10.7 Å². The Bertz CT molecular complexity index is 938. The lowest BCUT2D eigenvalue weighted by Crippen LogP contribution is -1.97. The van der Waals surface area contributed by atoms with Gasteiger partial charge in [0, 0.05) is 18.7 Å². The van der Waals surface area contributed by atoms with E-state index in [1.807, 2.05) is 0 Å². The van der Waals surface area contributed by atoms with E-state index in [2.05, 4.69) is 10.1 Å². The van der Waals surface area contributed by atoms with Crippen LogP contribution in [0.15, 0.2) is 36.4 Å². The first-order chi connectivity index (χ1) is 11.4. The molecular formula is C15H9Cl2FN4O2. The lowest BCUT2D eigenvalue weighted by atomic mass is 10.2. The molecule has 0 atom stereocenters. The van der Waals surface area contributed by atoms with E-state index in [1.165, 1.54) is 35.0 Å². The van der Waals surface area contributed by atoms with Crippen molar-refractivity contribution < 1.29 is 9.31 Å². The van der Waals surface area contributed by atoms with Gasteiger partial charge in [0.25, 0.3) is 5.69 Å². The van der Waals surface area contributed by atoms with Gasteiger partial charge in [-0.25, -0.2) is 14.1 Å². The third-order valence-electron chi connectivity index (χ3n) is 3.37. The fourth-order valence-electron chi connectivity index (χ4n) is 2.27. The van der Waals surface area contributed by atoms with Crippen LogP contribution in [0.2, 0.25) is 10.0 Å². The molecule has 2 aromatic carbocycles. The summed E-state index contributed by atoms with van der Waals surface area (Å²) >= 11 is 12.1.